The number of sulfone groups is 1. The van der Waals surface area contributed by atoms with Gasteiger partial charge in [0.2, 0.25) is 0 Å². The lowest BCUT2D eigenvalue weighted by Crippen LogP contribution is -2.36. The van der Waals surface area contributed by atoms with Gasteiger partial charge in [0.15, 0.2) is 9.84 Å². The molecule has 1 saturated heterocycles. The van der Waals surface area contributed by atoms with Gasteiger partial charge < -0.3 is 5.32 Å². The lowest BCUT2D eigenvalue weighted by atomic mass is 10.0. The summed E-state index contributed by atoms with van der Waals surface area (Å²) >= 11 is 0. The summed E-state index contributed by atoms with van der Waals surface area (Å²) < 4.78 is 23.0. The fraction of sp³-hybridized carbons (Fsp3) is 0.417. The Kier molecular flexibility index (Phi) is 2.84. The Morgan fingerprint density at radius 1 is 1.41 bits per heavy atom. The lowest BCUT2D eigenvalue weighted by molar-refractivity contribution is 0.574. The molecule has 1 unspecified atom stereocenters. The Morgan fingerprint density at radius 2 is 2.12 bits per heavy atom. The smallest absolute Gasteiger partial charge is 0.152 e. The standard InChI is InChI=1S/C12H14N2O2S/c1-12(6-7-17(15,16)9-12)14-11-5-3-2-4-10(11)8-13/h2-5,14H,6-7,9H2,1H3. The van der Waals surface area contributed by atoms with Gasteiger partial charge in [-0.3, -0.25) is 0 Å². The molecule has 1 aromatic carbocycles. The number of hydrogen-bond donors (Lipinski definition) is 1. The number of nitrogens with zero attached hydrogens (tertiary/aromatic N) is 1. The minimum atomic E-state index is -2.94. The summed E-state index contributed by atoms with van der Waals surface area (Å²) in [5, 5.41) is 12.2. The zero-order valence-electron chi connectivity index (χ0n) is 9.60. The Morgan fingerprint density at radius 3 is 2.71 bits per heavy atom. The van der Waals surface area contributed by atoms with Gasteiger partial charge in [-0.05, 0) is 25.5 Å². The van der Waals surface area contributed by atoms with Crippen molar-refractivity contribution in [3.05, 3.63) is 29.8 Å². The van der Waals surface area contributed by atoms with E-state index >= 15 is 0 Å². The second-order valence-electron chi connectivity index (χ2n) is 4.69. The average molecular weight is 250 g/mol. The average Bonchev–Trinajstić information content (AvgIpc) is 2.53. The largest absolute Gasteiger partial charge is 0.378 e. The number of anilines is 1. The van der Waals surface area contributed by atoms with Crippen LogP contribution in [0.1, 0.15) is 18.9 Å². The van der Waals surface area contributed by atoms with Crippen LogP contribution < -0.4 is 5.32 Å². The Hall–Kier alpha value is -1.54. The van der Waals surface area contributed by atoms with Crippen LogP contribution in [-0.4, -0.2) is 25.5 Å². The molecule has 0 bridgehead atoms. The van der Waals surface area contributed by atoms with E-state index in [1.54, 1.807) is 18.2 Å². The molecule has 90 valence electrons. The molecule has 1 aliphatic heterocycles. The van der Waals surface area contributed by atoms with E-state index in [0.717, 1.165) is 0 Å². The third-order valence-electron chi connectivity index (χ3n) is 2.99. The summed E-state index contributed by atoms with van der Waals surface area (Å²) in [6, 6.07) is 9.23. The van der Waals surface area contributed by atoms with Gasteiger partial charge in [0, 0.05) is 5.54 Å². The number of para-hydroxylation sites is 1. The molecule has 1 aromatic rings. The molecule has 17 heavy (non-hydrogen) atoms. The molecule has 0 aromatic heterocycles. The van der Waals surface area contributed by atoms with Crippen molar-refractivity contribution in [2.75, 3.05) is 16.8 Å². The first-order valence-corrected chi connectivity index (χ1v) is 7.24. The number of rotatable bonds is 2. The highest BCUT2D eigenvalue weighted by molar-refractivity contribution is 7.91. The number of hydrogen-bond acceptors (Lipinski definition) is 4. The second kappa shape index (κ2) is 4.04. The Balaban J connectivity index is 2.25. The molecule has 1 heterocycles. The van der Waals surface area contributed by atoms with Gasteiger partial charge in [0.05, 0.1) is 22.8 Å². The second-order valence-corrected chi connectivity index (χ2v) is 6.87. The molecule has 1 aliphatic rings. The van der Waals surface area contributed by atoms with E-state index in [9.17, 15) is 8.42 Å². The Bertz CT molecular complexity index is 574. The molecular weight excluding hydrogens is 236 g/mol. The van der Waals surface area contributed by atoms with Gasteiger partial charge in [-0.15, -0.1) is 0 Å². The third kappa shape index (κ3) is 2.59. The molecule has 0 amide bonds. The SMILES string of the molecule is CC1(Nc2ccccc2C#N)CCS(=O)(=O)C1. The quantitative estimate of drug-likeness (QED) is 0.864. The van der Waals surface area contributed by atoms with Gasteiger partial charge in [-0.1, -0.05) is 12.1 Å². The molecule has 1 atom stereocenters. The lowest BCUT2D eigenvalue weighted by Gasteiger charge is -2.25. The summed E-state index contributed by atoms with van der Waals surface area (Å²) in [5.74, 6) is 0.338. The summed E-state index contributed by atoms with van der Waals surface area (Å²) in [7, 11) is -2.94. The monoisotopic (exact) mass is 250 g/mol. The van der Waals surface area contributed by atoms with Crippen molar-refractivity contribution in [1.29, 1.82) is 5.26 Å². The zero-order chi connectivity index (χ0) is 12.5. The van der Waals surface area contributed by atoms with Crippen molar-refractivity contribution in [3.63, 3.8) is 0 Å². The molecule has 0 aliphatic carbocycles. The van der Waals surface area contributed by atoms with Gasteiger partial charge in [0.1, 0.15) is 6.07 Å². The van der Waals surface area contributed by atoms with Crippen molar-refractivity contribution in [2.24, 2.45) is 0 Å². The summed E-state index contributed by atoms with van der Waals surface area (Å²) in [4.78, 5) is 0. The molecule has 4 nitrogen and oxygen atoms in total. The maximum absolute atomic E-state index is 11.5. The van der Waals surface area contributed by atoms with Crippen LogP contribution in [-0.2, 0) is 9.84 Å². The summed E-state index contributed by atoms with van der Waals surface area (Å²) in [6.45, 7) is 1.88. The van der Waals surface area contributed by atoms with E-state index in [2.05, 4.69) is 11.4 Å². The highest BCUT2D eigenvalue weighted by atomic mass is 32.2. The minimum Gasteiger partial charge on any atom is -0.378 e. The predicted octanol–water partition coefficient (Wildman–Crippen LogP) is 1.55. The Labute approximate surface area is 101 Å². The molecule has 0 spiro atoms. The van der Waals surface area contributed by atoms with Crippen LogP contribution in [0.3, 0.4) is 0 Å². The van der Waals surface area contributed by atoms with Crippen LogP contribution in [0.15, 0.2) is 24.3 Å². The number of nitriles is 1. The predicted molar refractivity (Wildman–Crippen MR) is 66.5 cm³/mol. The first-order chi connectivity index (χ1) is 7.94. The fourth-order valence-electron chi connectivity index (χ4n) is 2.12. The van der Waals surface area contributed by atoms with Crippen LogP contribution in [0.5, 0.6) is 0 Å². The maximum Gasteiger partial charge on any atom is 0.152 e. The van der Waals surface area contributed by atoms with E-state index in [0.29, 0.717) is 17.7 Å². The molecule has 5 heteroatoms. The fourth-order valence-corrected chi connectivity index (χ4v) is 4.22. The topological polar surface area (TPSA) is 70.0 Å². The molecular formula is C12H14N2O2S. The summed E-state index contributed by atoms with van der Waals surface area (Å²) in [6.07, 6.45) is 0.578. The van der Waals surface area contributed by atoms with Crippen molar-refractivity contribution < 1.29 is 8.42 Å². The van der Waals surface area contributed by atoms with Crippen LogP contribution in [0.2, 0.25) is 0 Å². The van der Waals surface area contributed by atoms with Crippen molar-refractivity contribution >= 4 is 15.5 Å². The third-order valence-corrected chi connectivity index (χ3v) is 4.89. The van der Waals surface area contributed by atoms with Crippen molar-refractivity contribution in [1.82, 2.24) is 0 Å². The molecule has 1 fully saturated rings. The molecule has 1 N–H and O–H groups in total. The van der Waals surface area contributed by atoms with Gasteiger partial charge >= 0.3 is 0 Å². The summed E-state index contributed by atoms with van der Waals surface area (Å²) in [5.41, 5.74) is 0.777. The maximum atomic E-state index is 11.5. The van der Waals surface area contributed by atoms with Crippen molar-refractivity contribution in [3.8, 4) is 6.07 Å². The normalized spacial score (nSPS) is 26.4. The van der Waals surface area contributed by atoms with Crippen LogP contribution in [0.25, 0.3) is 0 Å². The molecule has 2 rings (SSSR count). The van der Waals surface area contributed by atoms with Gasteiger partial charge in [-0.25, -0.2) is 8.42 Å². The van der Waals surface area contributed by atoms with Crippen LogP contribution in [0, 0.1) is 11.3 Å². The first-order valence-electron chi connectivity index (χ1n) is 5.42. The molecule has 0 radical (unpaired) electrons. The van der Waals surface area contributed by atoms with E-state index in [4.69, 9.17) is 5.26 Å². The van der Waals surface area contributed by atoms with Crippen LogP contribution >= 0.6 is 0 Å². The first kappa shape index (κ1) is 11.9. The van der Waals surface area contributed by atoms with Gasteiger partial charge in [-0.2, -0.15) is 5.26 Å². The minimum absolute atomic E-state index is 0.125. The highest BCUT2D eigenvalue weighted by Gasteiger charge is 2.38. The van der Waals surface area contributed by atoms with E-state index in [-0.39, 0.29) is 11.5 Å². The zero-order valence-corrected chi connectivity index (χ0v) is 10.4. The number of nitrogens with one attached hydrogen (secondary N) is 1. The van der Waals surface area contributed by atoms with Gasteiger partial charge in [0.25, 0.3) is 0 Å². The van der Waals surface area contributed by atoms with E-state index in [1.165, 1.54) is 0 Å². The number of benzene rings is 1. The highest BCUT2D eigenvalue weighted by Crippen LogP contribution is 2.28. The van der Waals surface area contributed by atoms with E-state index < -0.39 is 15.4 Å². The molecule has 0 saturated carbocycles. The van der Waals surface area contributed by atoms with Crippen LogP contribution in [0.4, 0.5) is 5.69 Å². The van der Waals surface area contributed by atoms with E-state index in [1.807, 2.05) is 13.0 Å². The van der Waals surface area contributed by atoms with Crippen molar-refractivity contribution in [2.45, 2.75) is 18.9 Å².